The van der Waals surface area contributed by atoms with Crippen LogP contribution in [0.1, 0.15) is 32.7 Å². The monoisotopic (exact) mass is 636 g/mol. The zero-order valence-electron chi connectivity index (χ0n) is 26.7. The smallest absolute Gasteiger partial charge is 0.264 e. The van der Waals surface area contributed by atoms with E-state index in [1.165, 1.54) is 6.07 Å². The number of piperidine rings is 1. The van der Waals surface area contributed by atoms with Crippen molar-refractivity contribution in [3.8, 4) is 28.8 Å². The molecule has 0 bridgehead atoms. The lowest BCUT2D eigenvalue weighted by Gasteiger charge is -2.41. The minimum Gasteiger partial charge on any atom is -0.457 e. The molecule has 2 fully saturated rings. The predicted octanol–water partition coefficient (Wildman–Crippen LogP) is 4.78. The molecule has 2 aliphatic rings. The number of pyridine rings is 1. The van der Waals surface area contributed by atoms with Gasteiger partial charge in [0.2, 0.25) is 5.91 Å². The predicted molar refractivity (Wildman–Crippen MR) is 176 cm³/mol. The van der Waals surface area contributed by atoms with E-state index in [-0.39, 0.29) is 41.4 Å². The van der Waals surface area contributed by atoms with Crippen LogP contribution in [0.3, 0.4) is 0 Å². The molecule has 0 aliphatic carbocycles. The highest BCUT2D eigenvalue weighted by atomic mass is 19.1. The molecule has 0 radical (unpaired) electrons. The van der Waals surface area contributed by atoms with E-state index in [1.54, 1.807) is 64.1 Å². The minimum absolute atomic E-state index is 0.000529. The van der Waals surface area contributed by atoms with Gasteiger partial charge < -0.3 is 20.3 Å². The molecule has 12 heteroatoms. The van der Waals surface area contributed by atoms with Crippen LogP contribution in [0, 0.1) is 17.1 Å². The first-order valence-electron chi connectivity index (χ1n) is 15.6. The summed E-state index contributed by atoms with van der Waals surface area (Å²) in [6.45, 7) is 6.03. The molecule has 2 aliphatic heterocycles. The van der Waals surface area contributed by atoms with Crippen molar-refractivity contribution < 1.29 is 18.7 Å². The van der Waals surface area contributed by atoms with Crippen LogP contribution in [0.4, 0.5) is 10.2 Å². The number of nitrogen functional groups attached to an aromatic ring is 1. The summed E-state index contributed by atoms with van der Waals surface area (Å²) >= 11 is 0. The van der Waals surface area contributed by atoms with E-state index < -0.39 is 11.4 Å². The Hall–Kier alpha value is -5.28. The van der Waals surface area contributed by atoms with Crippen LogP contribution in [-0.4, -0.2) is 86.6 Å². The van der Waals surface area contributed by atoms with Crippen molar-refractivity contribution >= 4 is 28.5 Å². The third-order valence-corrected chi connectivity index (χ3v) is 8.97. The van der Waals surface area contributed by atoms with E-state index in [0.29, 0.717) is 60.7 Å². The summed E-state index contributed by atoms with van der Waals surface area (Å²) in [5, 5.41) is 15.4. The van der Waals surface area contributed by atoms with E-state index in [1.807, 2.05) is 36.9 Å². The molecule has 2 aromatic carbocycles. The second kappa shape index (κ2) is 12.8. The van der Waals surface area contributed by atoms with Crippen LogP contribution in [0.25, 0.3) is 22.2 Å². The number of carbonyl (C=O) groups is 2. The fraction of sp³-hybridized carbons (Fsp3) is 0.343. The Balaban J connectivity index is 1.27. The molecule has 0 saturated carbocycles. The van der Waals surface area contributed by atoms with E-state index in [4.69, 9.17) is 15.6 Å². The molecular formula is C35H37FN8O3. The lowest BCUT2D eigenvalue weighted by atomic mass is 9.96. The van der Waals surface area contributed by atoms with Crippen molar-refractivity contribution in [2.45, 2.75) is 38.3 Å². The summed E-state index contributed by atoms with van der Waals surface area (Å²) in [4.78, 5) is 35.7. The van der Waals surface area contributed by atoms with Gasteiger partial charge in [-0.2, -0.15) is 10.4 Å². The summed E-state index contributed by atoms with van der Waals surface area (Å²) in [5.41, 5.74) is 6.95. The van der Waals surface area contributed by atoms with Gasteiger partial charge in [-0.3, -0.25) is 19.2 Å². The first-order chi connectivity index (χ1) is 22.6. The number of carbonyl (C=O) groups excluding carboxylic acids is 2. The summed E-state index contributed by atoms with van der Waals surface area (Å²) < 4.78 is 23.3. The number of nitrogens with two attached hydrogens (primary N) is 1. The van der Waals surface area contributed by atoms with Gasteiger partial charge in [-0.25, -0.2) is 9.37 Å². The van der Waals surface area contributed by atoms with Gasteiger partial charge in [-0.05, 0) is 63.1 Å². The molecule has 47 heavy (non-hydrogen) atoms. The number of piperazine rings is 1. The van der Waals surface area contributed by atoms with Crippen molar-refractivity contribution in [1.29, 1.82) is 5.26 Å². The Morgan fingerprint density at radius 2 is 1.91 bits per heavy atom. The Labute approximate surface area is 272 Å². The molecule has 1 atom stereocenters. The summed E-state index contributed by atoms with van der Waals surface area (Å²) in [7, 11) is 1.77. The third kappa shape index (κ3) is 6.39. The van der Waals surface area contributed by atoms with Gasteiger partial charge in [-0.15, -0.1) is 0 Å². The SMILES string of the molecule is CN1CCN(C(C)(C)/C=C(/C#N)C(=O)N2CCC[C@@H](n3nc(-c4ccc(Oc5ccccc5)cc4F)c4c(N)nccc43)C2)CC1=O. The largest absolute Gasteiger partial charge is 0.457 e. The number of nitriles is 1. The lowest BCUT2D eigenvalue weighted by Crippen LogP contribution is -2.55. The van der Waals surface area contributed by atoms with E-state index in [2.05, 4.69) is 11.1 Å². The van der Waals surface area contributed by atoms with Crippen molar-refractivity contribution in [2.75, 3.05) is 45.5 Å². The molecule has 0 spiro atoms. The standard InChI is InChI=1S/C35H37FN8O3/c1-35(2,43-17-16-41(3)30(45)22-43)19-23(20-37)34(46)42-15-7-8-24(21-42)44-29-13-14-39-33(38)31(29)32(40-44)27-12-11-26(18-28(27)36)47-25-9-5-4-6-10-25/h4-6,9-14,18-19,24H,7-8,15-17,21-22H2,1-3H3,(H2,38,39)/b23-19-/t24-/m1/s1. The topological polar surface area (TPSA) is 134 Å². The number of aromatic nitrogens is 3. The fourth-order valence-electron chi connectivity index (χ4n) is 6.30. The number of hydrogen-bond acceptors (Lipinski definition) is 8. The van der Waals surface area contributed by atoms with Gasteiger partial charge in [0.1, 0.15) is 40.5 Å². The normalized spacial score (nSPS) is 18.0. The maximum atomic E-state index is 15.7. The molecule has 4 heterocycles. The van der Waals surface area contributed by atoms with E-state index in [9.17, 15) is 14.9 Å². The fourth-order valence-corrected chi connectivity index (χ4v) is 6.30. The number of benzene rings is 2. The molecular weight excluding hydrogens is 599 g/mol. The van der Waals surface area contributed by atoms with E-state index >= 15 is 4.39 Å². The van der Waals surface area contributed by atoms with Crippen LogP contribution in [0.2, 0.25) is 0 Å². The Morgan fingerprint density at radius 3 is 2.64 bits per heavy atom. The Morgan fingerprint density at radius 1 is 1.13 bits per heavy atom. The van der Waals surface area contributed by atoms with E-state index in [0.717, 1.165) is 6.42 Å². The average molecular weight is 637 g/mol. The van der Waals surface area contributed by atoms with Crippen molar-refractivity contribution in [3.05, 3.63) is 78.3 Å². The van der Waals surface area contributed by atoms with Crippen LogP contribution in [0.15, 0.2) is 72.4 Å². The summed E-state index contributed by atoms with van der Waals surface area (Å²) in [6, 6.07) is 17.4. The van der Waals surface area contributed by atoms with Crippen LogP contribution < -0.4 is 10.5 Å². The number of para-hydroxylation sites is 1. The quantitative estimate of drug-likeness (QED) is 0.226. The number of fused-ring (bicyclic) bond motifs is 1. The molecule has 0 unspecified atom stereocenters. The number of nitrogens with zero attached hydrogens (tertiary/aromatic N) is 7. The van der Waals surface area contributed by atoms with Gasteiger partial charge in [0.15, 0.2) is 0 Å². The third-order valence-electron chi connectivity index (χ3n) is 8.97. The molecule has 11 nitrogen and oxygen atoms in total. The lowest BCUT2D eigenvalue weighted by molar-refractivity contribution is -0.136. The number of hydrogen-bond donors (Lipinski definition) is 1. The maximum Gasteiger partial charge on any atom is 0.264 e. The molecule has 2 amide bonds. The summed E-state index contributed by atoms with van der Waals surface area (Å²) in [6.07, 6.45) is 4.65. The first-order valence-corrected chi connectivity index (χ1v) is 15.6. The summed E-state index contributed by atoms with van der Waals surface area (Å²) in [5.74, 6) is 0.255. The number of amides is 2. The van der Waals surface area contributed by atoms with Crippen molar-refractivity contribution in [2.24, 2.45) is 0 Å². The van der Waals surface area contributed by atoms with Gasteiger partial charge in [0.25, 0.3) is 5.91 Å². The molecule has 242 valence electrons. The average Bonchev–Trinajstić information content (AvgIpc) is 3.46. The van der Waals surface area contributed by atoms with Crippen LogP contribution in [0.5, 0.6) is 11.5 Å². The Bertz CT molecular complexity index is 1900. The zero-order valence-corrected chi connectivity index (χ0v) is 26.7. The van der Waals surface area contributed by atoms with Gasteiger partial charge in [-0.1, -0.05) is 18.2 Å². The second-order valence-corrected chi connectivity index (χ2v) is 12.5. The number of likely N-dealkylation sites (N-methyl/N-ethyl adjacent to an activating group) is 1. The van der Waals surface area contributed by atoms with Gasteiger partial charge in [0.05, 0.1) is 23.5 Å². The highest BCUT2D eigenvalue weighted by Crippen LogP contribution is 2.37. The minimum atomic E-state index is -0.684. The Kier molecular flexibility index (Phi) is 8.66. The highest BCUT2D eigenvalue weighted by molar-refractivity contribution is 6.00. The molecule has 2 saturated heterocycles. The maximum absolute atomic E-state index is 15.7. The molecule has 2 N–H and O–H groups in total. The van der Waals surface area contributed by atoms with Gasteiger partial charge >= 0.3 is 0 Å². The number of likely N-dealkylation sites (tertiary alicyclic amines) is 1. The number of rotatable bonds is 7. The number of anilines is 1. The zero-order chi connectivity index (χ0) is 33.3. The highest BCUT2D eigenvalue weighted by Gasteiger charge is 2.34. The molecule has 2 aromatic heterocycles. The number of ether oxygens (including phenoxy) is 1. The second-order valence-electron chi connectivity index (χ2n) is 12.5. The van der Waals surface area contributed by atoms with Crippen molar-refractivity contribution in [1.82, 2.24) is 29.5 Å². The van der Waals surface area contributed by atoms with Crippen molar-refractivity contribution in [3.63, 3.8) is 0 Å². The van der Waals surface area contributed by atoms with Crippen LogP contribution in [-0.2, 0) is 9.59 Å². The molecule has 4 aromatic rings. The first kappa shape index (κ1) is 31.7. The molecule has 6 rings (SSSR count). The number of halogens is 1. The van der Waals surface area contributed by atoms with Gasteiger partial charge in [0, 0.05) is 56.6 Å². The van der Waals surface area contributed by atoms with Crippen LogP contribution >= 0.6 is 0 Å².